The standard InChI is InChI=1S/C15H24N2O2/c1-4-19-14-8-6-5-7-13(14)11-17(3)15(18)10-9-12(2)16/h5-8,12H,4,9-11,16H2,1-3H3. The molecule has 0 saturated carbocycles. The number of para-hydroxylation sites is 1. The van der Waals surface area contributed by atoms with Crippen LogP contribution in [0.5, 0.6) is 5.75 Å². The fourth-order valence-electron chi connectivity index (χ4n) is 1.82. The molecule has 1 amide bonds. The van der Waals surface area contributed by atoms with Gasteiger partial charge >= 0.3 is 0 Å². The molecule has 0 spiro atoms. The van der Waals surface area contributed by atoms with Crippen LogP contribution in [0.1, 0.15) is 32.3 Å². The van der Waals surface area contributed by atoms with Gasteiger partial charge in [0.1, 0.15) is 5.75 Å². The molecule has 1 aromatic carbocycles. The largest absolute Gasteiger partial charge is 0.494 e. The van der Waals surface area contributed by atoms with Gasteiger partial charge in [-0.1, -0.05) is 18.2 Å². The van der Waals surface area contributed by atoms with Gasteiger partial charge < -0.3 is 15.4 Å². The van der Waals surface area contributed by atoms with E-state index in [0.717, 1.165) is 17.7 Å². The predicted molar refractivity (Wildman–Crippen MR) is 77.0 cm³/mol. The summed E-state index contributed by atoms with van der Waals surface area (Å²) in [6.07, 6.45) is 1.21. The van der Waals surface area contributed by atoms with E-state index in [-0.39, 0.29) is 11.9 Å². The number of ether oxygens (including phenoxy) is 1. The van der Waals surface area contributed by atoms with Gasteiger partial charge in [0.25, 0.3) is 0 Å². The molecule has 0 bridgehead atoms. The molecule has 4 heteroatoms. The summed E-state index contributed by atoms with van der Waals surface area (Å²) in [6.45, 7) is 5.05. The average Bonchev–Trinajstić information content (AvgIpc) is 2.38. The minimum Gasteiger partial charge on any atom is -0.494 e. The highest BCUT2D eigenvalue weighted by molar-refractivity contribution is 5.76. The number of rotatable bonds is 7. The van der Waals surface area contributed by atoms with Crippen LogP contribution in [0.4, 0.5) is 0 Å². The summed E-state index contributed by atoms with van der Waals surface area (Å²) in [5.74, 6) is 0.959. The van der Waals surface area contributed by atoms with Gasteiger partial charge in [-0.05, 0) is 26.3 Å². The van der Waals surface area contributed by atoms with E-state index < -0.39 is 0 Å². The molecule has 1 rings (SSSR count). The maximum absolute atomic E-state index is 12.0. The monoisotopic (exact) mass is 264 g/mol. The summed E-state index contributed by atoms with van der Waals surface area (Å²) in [4.78, 5) is 13.7. The summed E-state index contributed by atoms with van der Waals surface area (Å²) in [5, 5.41) is 0. The minimum atomic E-state index is 0.0630. The molecule has 19 heavy (non-hydrogen) atoms. The van der Waals surface area contributed by atoms with Gasteiger partial charge in [-0.25, -0.2) is 0 Å². The summed E-state index contributed by atoms with van der Waals surface area (Å²) in [7, 11) is 1.81. The van der Waals surface area contributed by atoms with Crippen molar-refractivity contribution >= 4 is 5.91 Å². The minimum absolute atomic E-state index is 0.0630. The first-order valence-electron chi connectivity index (χ1n) is 6.74. The van der Waals surface area contributed by atoms with Gasteiger partial charge in [0, 0.05) is 31.6 Å². The van der Waals surface area contributed by atoms with E-state index in [1.165, 1.54) is 0 Å². The molecule has 2 N–H and O–H groups in total. The van der Waals surface area contributed by atoms with Crippen molar-refractivity contribution in [3.63, 3.8) is 0 Å². The Morgan fingerprint density at radius 2 is 2.11 bits per heavy atom. The molecule has 0 aliphatic carbocycles. The first kappa shape index (κ1) is 15.5. The number of benzene rings is 1. The first-order valence-corrected chi connectivity index (χ1v) is 6.74. The molecule has 4 nitrogen and oxygen atoms in total. The van der Waals surface area contributed by atoms with E-state index in [9.17, 15) is 4.79 Å². The van der Waals surface area contributed by atoms with Crippen molar-refractivity contribution in [3.05, 3.63) is 29.8 Å². The van der Waals surface area contributed by atoms with Gasteiger partial charge in [-0.15, -0.1) is 0 Å². The first-order chi connectivity index (χ1) is 9.04. The lowest BCUT2D eigenvalue weighted by atomic mass is 10.1. The van der Waals surface area contributed by atoms with E-state index in [1.807, 2.05) is 45.2 Å². The van der Waals surface area contributed by atoms with Gasteiger partial charge in [0.2, 0.25) is 5.91 Å². The maximum atomic E-state index is 12.0. The van der Waals surface area contributed by atoms with E-state index in [1.54, 1.807) is 4.90 Å². The average molecular weight is 264 g/mol. The Labute approximate surface area is 115 Å². The molecular weight excluding hydrogens is 240 g/mol. The lowest BCUT2D eigenvalue weighted by Gasteiger charge is -2.19. The molecular formula is C15H24N2O2. The van der Waals surface area contributed by atoms with Gasteiger partial charge in [0.05, 0.1) is 6.61 Å². The van der Waals surface area contributed by atoms with Crippen LogP contribution in [0, 0.1) is 0 Å². The van der Waals surface area contributed by atoms with Crippen molar-refractivity contribution in [2.75, 3.05) is 13.7 Å². The second kappa shape index (κ2) is 7.79. The van der Waals surface area contributed by atoms with Crippen LogP contribution in [0.3, 0.4) is 0 Å². The van der Waals surface area contributed by atoms with Crippen LogP contribution in [0.25, 0.3) is 0 Å². The van der Waals surface area contributed by atoms with E-state index in [0.29, 0.717) is 19.6 Å². The smallest absolute Gasteiger partial charge is 0.222 e. The Kier molecular flexibility index (Phi) is 6.36. The fraction of sp³-hybridized carbons (Fsp3) is 0.533. The lowest BCUT2D eigenvalue weighted by molar-refractivity contribution is -0.130. The molecule has 1 unspecified atom stereocenters. The van der Waals surface area contributed by atoms with Crippen LogP contribution in [-0.4, -0.2) is 30.5 Å². The number of carbonyl (C=O) groups excluding carboxylic acids is 1. The molecule has 0 heterocycles. The second-order valence-electron chi connectivity index (χ2n) is 4.81. The topological polar surface area (TPSA) is 55.6 Å². The zero-order chi connectivity index (χ0) is 14.3. The van der Waals surface area contributed by atoms with Crippen molar-refractivity contribution in [2.45, 2.75) is 39.3 Å². The molecule has 106 valence electrons. The highest BCUT2D eigenvalue weighted by Crippen LogP contribution is 2.19. The third-order valence-corrected chi connectivity index (χ3v) is 2.92. The quantitative estimate of drug-likeness (QED) is 0.821. The van der Waals surface area contributed by atoms with Crippen LogP contribution in [0.2, 0.25) is 0 Å². The van der Waals surface area contributed by atoms with Crippen molar-refractivity contribution < 1.29 is 9.53 Å². The van der Waals surface area contributed by atoms with E-state index >= 15 is 0 Å². The van der Waals surface area contributed by atoms with Crippen molar-refractivity contribution in [1.82, 2.24) is 4.90 Å². The molecule has 0 aliphatic heterocycles. The summed E-state index contributed by atoms with van der Waals surface area (Å²) in [6, 6.07) is 7.87. The van der Waals surface area contributed by atoms with Crippen LogP contribution in [-0.2, 0) is 11.3 Å². The zero-order valence-electron chi connectivity index (χ0n) is 12.1. The Bertz CT molecular complexity index is 405. The predicted octanol–water partition coefficient (Wildman–Crippen LogP) is 2.17. The molecule has 1 atom stereocenters. The summed E-state index contributed by atoms with van der Waals surface area (Å²) in [5.41, 5.74) is 6.70. The third-order valence-electron chi connectivity index (χ3n) is 2.92. The number of carbonyl (C=O) groups is 1. The Balaban J connectivity index is 2.60. The maximum Gasteiger partial charge on any atom is 0.222 e. The third kappa shape index (κ3) is 5.30. The number of nitrogens with zero attached hydrogens (tertiary/aromatic N) is 1. The SMILES string of the molecule is CCOc1ccccc1CN(C)C(=O)CCC(C)N. The van der Waals surface area contributed by atoms with E-state index in [2.05, 4.69) is 0 Å². The van der Waals surface area contributed by atoms with Gasteiger partial charge in [-0.3, -0.25) is 4.79 Å². The molecule has 1 aromatic rings. The van der Waals surface area contributed by atoms with Crippen LogP contribution < -0.4 is 10.5 Å². The van der Waals surface area contributed by atoms with Crippen molar-refractivity contribution in [1.29, 1.82) is 0 Å². The van der Waals surface area contributed by atoms with Gasteiger partial charge in [-0.2, -0.15) is 0 Å². The molecule has 0 fully saturated rings. The highest BCUT2D eigenvalue weighted by atomic mass is 16.5. The van der Waals surface area contributed by atoms with Crippen molar-refractivity contribution in [3.8, 4) is 5.75 Å². The summed E-state index contributed by atoms with van der Waals surface area (Å²) >= 11 is 0. The number of hydrogen-bond acceptors (Lipinski definition) is 3. The number of nitrogens with two attached hydrogens (primary N) is 1. The zero-order valence-corrected chi connectivity index (χ0v) is 12.1. The normalized spacial score (nSPS) is 12.0. The Hall–Kier alpha value is -1.55. The second-order valence-corrected chi connectivity index (χ2v) is 4.81. The summed E-state index contributed by atoms with van der Waals surface area (Å²) < 4.78 is 5.56. The lowest BCUT2D eigenvalue weighted by Crippen LogP contribution is -2.28. The number of hydrogen-bond donors (Lipinski definition) is 1. The Morgan fingerprint density at radius 3 is 2.74 bits per heavy atom. The van der Waals surface area contributed by atoms with Crippen LogP contribution in [0.15, 0.2) is 24.3 Å². The van der Waals surface area contributed by atoms with Crippen LogP contribution >= 0.6 is 0 Å². The Morgan fingerprint density at radius 1 is 1.42 bits per heavy atom. The highest BCUT2D eigenvalue weighted by Gasteiger charge is 2.12. The van der Waals surface area contributed by atoms with Crippen molar-refractivity contribution in [2.24, 2.45) is 5.73 Å². The molecule has 0 saturated heterocycles. The van der Waals surface area contributed by atoms with E-state index in [4.69, 9.17) is 10.5 Å². The molecule has 0 aliphatic rings. The van der Waals surface area contributed by atoms with Gasteiger partial charge in [0.15, 0.2) is 0 Å². The molecule has 0 aromatic heterocycles. The fourth-order valence-corrected chi connectivity index (χ4v) is 1.82. The molecule has 0 radical (unpaired) electrons. The number of amides is 1.